The van der Waals surface area contributed by atoms with Crippen molar-refractivity contribution in [1.82, 2.24) is 15.1 Å². The Bertz CT molecular complexity index is 532. The predicted octanol–water partition coefficient (Wildman–Crippen LogP) is 1.99. The zero-order valence-electron chi connectivity index (χ0n) is 11.0. The maximum absolute atomic E-state index is 4.37. The molecule has 0 radical (unpaired) electrons. The van der Waals surface area contributed by atoms with Crippen molar-refractivity contribution >= 4 is 0 Å². The molecule has 1 heterocycles. The number of nitrogens with zero attached hydrogens (tertiary/aromatic N) is 2. The van der Waals surface area contributed by atoms with Crippen LogP contribution in [0, 0.1) is 6.92 Å². The first-order chi connectivity index (χ1) is 8.72. The topological polar surface area (TPSA) is 29.9 Å². The smallest absolute Gasteiger partial charge is 0.0597 e. The highest BCUT2D eigenvalue weighted by molar-refractivity contribution is 5.33. The van der Waals surface area contributed by atoms with Crippen LogP contribution < -0.4 is 5.32 Å². The number of benzene rings is 1. The second-order valence-electron chi connectivity index (χ2n) is 5.16. The van der Waals surface area contributed by atoms with Gasteiger partial charge in [0.25, 0.3) is 0 Å². The lowest BCUT2D eigenvalue weighted by Gasteiger charge is -2.11. The van der Waals surface area contributed by atoms with Crippen molar-refractivity contribution in [2.45, 2.75) is 32.4 Å². The van der Waals surface area contributed by atoms with Crippen LogP contribution in [0.3, 0.4) is 0 Å². The molecule has 0 fully saturated rings. The summed E-state index contributed by atoms with van der Waals surface area (Å²) in [6.45, 7) is 2.94. The normalized spacial score (nSPS) is 15.0. The first kappa shape index (κ1) is 11.5. The Balaban J connectivity index is 1.62. The first-order valence-corrected chi connectivity index (χ1v) is 6.52. The summed E-state index contributed by atoms with van der Waals surface area (Å²) in [5, 5.41) is 8.01. The van der Waals surface area contributed by atoms with Crippen LogP contribution in [0.15, 0.2) is 30.3 Å². The van der Waals surface area contributed by atoms with Crippen LogP contribution in [0.4, 0.5) is 0 Å². The molecule has 0 unspecified atom stereocenters. The fourth-order valence-corrected chi connectivity index (χ4v) is 2.78. The predicted molar refractivity (Wildman–Crippen MR) is 72.4 cm³/mol. The Kier molecular flexibility index (Phi) is 2.92. The molecule has 3 nitrogen and oxygen atoms in total. The van der Waals surface area contributed by atoms with Gasteiger partial charge in [-0.1, -0.05) is 24.3 Å². The Morgan fingerprint density at radius 2 is 1.94 bits per heavy atom. The maximum atomic E-state index is 4.37. The third kappa shape index (κ3) is 2.18. The Morgan fingerprint density at radius 3 is 2.50 bits per heavy atom. The molecule has 3 heteroatoms. The molecule has 0 aliphatic heterocycles. The molecule has 0 amide bonds. The summed E-state index contributed by atoms with van der Waals surface area (Å²) in [5.41, 5.74) is 5.33. The molecule has 0 saturated heterocycles. The molecule has 0 saturated carbocycles. The highest BCUT2D eigenvalue weighted by atomic mass is 15.3. The Hall–Kier alpha value is -1.61. The van der Waals surface area contributed by atoms with Crippen LogP contribution >= 0.6 is 0 Å². The molecule has 94 valence electrons. The maximum Gasteiger partial charge on any atom is 0.0597 e. The number of nitrogens with one attached hydrogen (secondary N) is 1. The van der Waals surface area contributed by atoms with E-state index in [9.17, 15) is 0 Å². The standard InChI is InChI=1S/C15H19N3/c1-11-7-15(18(2)17-11)10-16-14-8-12-5-3-4-6-13(12)9-14/h3-7,14,16H,8-10H2,1-2H3. The van der Waals surface area contributed by atoms with Crippen LogP contribution in [-0.4, -0.2) is 15.8 Å². The quantitative estimate of drug-likeness (QED) is 0.890. The van der Waals surface area contributed by atoms with Crippen molar-refractivity contribution in [3.8, 4) is 0 Å². The number of aromatic nitrogens is 2. The molecule has 3 rings (SSSR count). The average molecular weight is 241 g/mol. The van der Waals surface area contributed by atoms with Gasteiger partial charge in [0, 0.05) is 19.6 Å². The number of hydrogen-bond donors (Lipinski definition) is 1. The van der Waals surface area contributed by atoms with Crippen LogP contribution in [0.1, 0.15) is 22.5 Å². The van der Waals surface area contributed by atoms with E-state index in [0.29, 0.717) is 6.04 Å². The van der Waals surface area contributed by atoms with Gasteiger partial charge in [0.15, 0.2) is 0 Å². The summed E-state index contributed by atoms with van der Waals surface area (Å²) >= 11 is 0. The summed E-state index contributed by atoms with van der Waals surface area (Å²) in [7, 11) is 2.01. The zero-order chi connectivity index (χ0) is 12.5. The minimum Gasteiger partial charge on any atom is -0.308 e. The molecular formula is C15H19N3. The van der Waals surface area contributed by atoms with E-state index in [0.717, 1.165) is 25.1 Å². The lowest BCUT2D eigenvalue weighted by Crippen LogP contribution is -2.29. The average Bonchev–Trinajstić information content (AvgIpc) is 2.89. The lowest BCUT2D eigenvalue weighted by molar-refractivity contribution is 0.515. The van der Waals surface area contributed by atoms with Gasteiger partial charge in [0.05, 0.1) is 11.4 Å². The van der Waals surface area contributed by atoms with Gasteiger partial charge in [-0.3, -0.25) is 4.68 Å². The molecule has 1 aliphatic rings. The summed E-state index contributed by atoms with van der Waals surface area (Å²) in [6, 6.07) is 11.5. The molecule has 1 aromatic heterocycles. The van der Waals surface area contributed by atoms with Gasteiger partial charge in [0.1, 0.15) is 0 Å². The molecule has 0 bridgehead atoms. The second kappa shape index (κ2) is 4.58. The van der Waals surface area contributed by atoms with Crippen LogP contribution in [0.2, 0.25) is 0 Å². The van der Waals surface area contributed by atoms with Crippen molar-refractivity contribution in [3.63, 3.8) is 0 Å². The van der Waals surface area contributed by atoms with Gasteiger partial charge < -0.3 is 5.32 Å². The minimum absolute atomic E-state index is 0.567. The zero-order valence-corrected chi connectivity index (χ0v) is 11.0. The van der Waals surface area contributed by atoms with Gasteiger partial charge in [0.2, 0.25) is 0 Å². The van der Waals surface area contributed by atoms with E-state index in [1.165, 1.54) is 16.8 Å². The highest BCUT2D eigenvalue weighted by Crippen LogP contribution is 2.21. The molecule has 1 N–H and O–H groups in total. The molecule has 1 aromatic carbocycles. The van der Waals surface area contributed by atoms with Crippen molar-refractivity contribution in [2.24, 2.45) is 7.05 Å². The van der Waals surface area contributed by atoms with Gasteiger partial charge in [-0.15, -0.1) is 0 Å². The fraction of sp³-hybridized carbons (Fsp3) is 0.400. The molecule has 1 aliphatic carbocycles. The summed E-state index contributed by atoms with van der Waals surface area (Å²) in [6.07, 6.45) is 2.29. The summed E-state index contributed by atoms with van der Waals surface area (Å²) in [5.74, 6) is 0. The summed E-state index contributed by atoms with van der Waals surface area (Å²) in [4.78, 5) is 0. The van der Waals surface area contributed by atoms with E-state index in [1.807, 2.05) is 18.7 Å². The number of aryl methyl sites for hydroxylation is 2. The summed E-state index contributed by atoms with van der Waals surface area (Å²) < 4.78 is 1.96. The van der Waals surface area contributed by atoms with Gasteiger partial charge >= 0.3 is 0 Å². The van der Waals surface area contributed by atoms with E-state index in [2.05, 4.69) is 40.7 Å². The van der Waals surface area contributed by atoms with E-state index < -0.39 is 0 Å². The fourth-order valence-electron chi connectivity index (χ4n) is 2.78. The number of hydrogen-bond acceptors (Lipinski definition) is 2. The van der Waals surface area contributed by atoms with Gasteiger partial charge in [-0.05, 0) is 37.0 Å². The molecule has 18 heavy (non-hydrogen) atoms. The van der Waals surface area contributed by atoms with Gasteiger partial charge in [-0.2, -0.15) is 5.10 Å². The van der Waals surface area contributed by atoms with E-state index in [4.69, 9.17) is 0 Å². The second-order valence-corrected chi connectivity index (χ2v) is 5.16. The third-order valence-electron chi connectivity index (χ3n) is 3.72. The molecule has 2 aromatic rings. The van der Waals surface area contributed by atoms with E-state index in [-0.39, 0.29) is 0 Å². The van der Waals surface area contributed by atoms with E-state index >= 15 is 0 Å². The highest BCUT2D eigenvalue weighted by Gasteiger charge is 2.20. The Morgan fingerprint density at radius 1 is 1.28 bits per heavy atom. The monoisotopic (exact) mass is 241 g/mol. The molecule has 0 atom stereocenters. The number of fused-ring (bicyclic) bond motifs is 1. The van der Waals surface area contributed by atoms with Crippen LogP contribution in [-0.2, 0) is 26.4 Å². The van der Waals surface area contributed by atoms with Gasteiger partial charge in [-0.25, -0.2) is 0 Å². The Labute approximate surface area is 108 Å². The van der Waals surface area contributed by atoms with E-state index in [1.54, 1.807) is 0 Å². The SMILES string of the molecule is Cc1cc(CNC2Cc3ccccc3C2)n(C)n1. The van der Waals surface area contributed by atoms with Crippen molar-refractivity contribution in [3.05, 3.63) is 52.8 Å². The first-order valence-electron chi connectivity index (χ1n) is 6.52. The number of rotatable bonds is 3. The largest absolute Gasteiger partial charge is 0.308 e. The third-order valence-corrected chi connectivity index (χ3v) is 3.72. The van der Waals surface area contributed by atoms with Crippen LogP contribution in [0.25, 0.3) is 0 Å². The lowest BCUT2D eigenvalue weighted by atomic mass is 10.1. The minimum atomic E-state index is 0.567. The molecule has 0 spiro atoms. The van der Waals surface area contributed by atoms with Crippen molar-refractivity contribution in [1.29, 1.82) is 0 Å². The molecular weight excluding hydrogens is 222 g/mol. The van der Waals surface area contributed by atoms with Crippen molar-refractivity contribution < 1.29 is 0 Å². The van der Waals surface area contributed by atoms with Crippen LogP contribution in [0.5, 0.6) is 0 Å². The van der Waals surface area contributed by atoms with Crippen molar-refractivity contribution in [2.75, 3.05) is 0 Å².